The number of nitrogens with zero attached hydrogens (tertiary/aromatic N) is 5. The summed E-state index contributed by atoms with van der Waals surface area (Å²) in [7, 11) is 1.52. The van der Waals surface area contributed by atoms with Crippen molar-refractivity contribution < 1.29 is 14.3 Å². The molecule has 0 radical (unpaired) electrons. The number of aromatic nitrogens is 4. The van der Waals surface area contributed by atoms with E-state index < -0.39 is 5.92 Å². The van der Waals surface area contributed by atoms with Gasteiger partial charge in [0.2, 0.25) is 11.8 Å². The first-order valence-corrected chi connectivity index (χ1v) is 9.19. The molecule has 1 aliphatic heterocycles. The number of benzene rings is 1. The van der Waals surface area contributed by atoms with Crippen LogP contribution in [0.4, 0.5) is 11.4 Å². The van der Waals surface area contributed by atoms with Gasteiger partial charge in [0.25, 0.3) is 0 Å². The summed E-state index contributed by atoms with van der Waals surface area (Å²) in [5, 5.41) is 7.37. The fraction of sp³-hybridized carbons (Fsp3) is 0.211. The number of amides is 2. The maximum absolute atomic E-state index is 12.9. The molecule has 3 aromatic rings. The van der Waals surface area contributed by atoms with Crippen LogP contribution in [0.25, 0.3) is 5.82 Å². The van der Waals surface area contributed by atoms with E-state index in [1.165, 1.54) is 29.3 Å². The van der Waals surface area contributed by atoms with Crippen LogP contribution in [0.15, 0.2) is 49.2 Å². The van der Waals surface area contributed by atoms with Crippen LogP contribution < -0.4 is 15.0 Å². The summed E-state index contributed by atoms with van der Waals surface area (Å²) in [6, 6.07) is 8.46. The highest BCUT2D eigenvalue weighted by molar-refractivity contribution is 6.31. The van der Waals surface area contributed by atoms with Gasteiger partial charge in [0, 0.05) is 24.2 Å². The lowest BCUT2D eigenvalue weighted by Crippen LogP contribution is -2.28. The maximum Gasteiger partial charge on any atom is 0.229 e. The van der Waals surface area contributed by atoms with Gasteiger partial charge in [0.1, 0.15) is 18.4 Å². The minimum Gasteiger partial charge on any atom is -0.495 e. The smallest absolute Gasteiger partial charge is 0.229 e. The van der Waals surface area contributed by atoms with E-state index in [1.54, 1.807) is 36.5 Å². The van der Waals surface area contributed by atoms with Gasteiger partial charge in [-0.1, -0.05) is 11.6 Å². The number of pyridine rings is 1. The molecule has 0 spiro atoms. The SMILES string of the molecule is COc1ccc(Cl)cc1N1CC(C(=O)Nc2cccnc2-n2cncn2)CC1=O. The zero-order valence-corrected chi connectivity index (χ0v) is 16.2. The Labute approximate surface area is 171 Å². The minimum atomic E-state index is -0.532. The first kappa shape index (κ1) is 18.9. The van der Waals surface area contributed by atoms with Crippen LogP contribution in [0, 0.1) is 5.92 Å². The van der Waals surface area contributed by atoms with Gasteiger partial charge in [0.05, 0.1) is 24.4 Å². The van der Waals surface area contributed by atoms with Crippen molar-refractivity contribution in [1.29, 1.82) is 0 Å². The van der Waals surface area contributed by atoms with Crippen LogP contribution in [-0.2, 0) is 9.59 Å². The minimum absolute atomic E-state index is 0.0838. The van der Waals surface area contributed by atoms with Crippen molar-refractivity contribution in [3.05, 3.63) is 54.2 Å². The molecule has 1 aromatic carbocycles. The van der Waals surface area contributed by atoms with Gasteiger partial charge in [-0.05, 0) is 30.3 Å². The number of nitrogens with one attached hydrogen (secondary N) is 1. The number of carbonyl (C=O) groups is 2. The van der Waals surface area contributed by atoms with Crippen molar-refractivity contribution in [2.45, 2.75) is 6.42 Å². The van der Waals surface area contributed by atoms with E-state index in [0.29, 0.717) is 28.0 Å². The molecule has 0 aliphatic carbocycles. The fourth-order valence-corrected chi connectivity index (χ4v) is 3.39. The molecule has 2 amide bonds. The summed E-state index contributed by atoms with van der Waals surface area (Å²) < 4.78 is 6.79. The number of rotatable bonds is 5. The van der Waals surface area contributed by atoms with E-state index in [1.807, 2.05) is 0 Å². The topological polar surface area (TPSA) is 102 Å². The normalized spacial score (nSPS) is 16.1. The summed E-state index contributed by atoms with van der Waals surface area (Å²) in [4.78, 5) is 35.1. The highest BCUT2D eigenvalue weighted by Crippen LogP contribution is 2.35. The number of halogens is 1. The third-order valence-corrected chi connectivity index (χ3v) is 4.84. The Kier molecular flexibility index (Phi) is 5.13. The van der Waals surface area contributed by atoms with Crippen molar-refractivity contribution in [3.8, 4) is 11.6 Å². The van der Waals surface area contributed by atoms with Crippen LogP contribution >= 0.6 is 11.6 Å². The summed E-state index contributed by atoms with van der Waals surface area (Å²) in [5.41, 5.74) is 1.03. The molecular formula is C19H17ClN6O3. The summed E-state index contributed by atoms with van der Waals surface area (Å²) in [6.07, 6.45) is 4.55. The molecule has 4 rings (SSSR count). The second-order valence-corrected chi connectivity index (χ2v) is 6.86. The van der Waals surface area contributed by atoms with Gasteiger partial charge in [0.15, 0.2) is 5.82 Å². The number of hydrogen-bond acceptors (Lipinski definition) is 6. The van der Waals surface area contributed by atoms with Crippen LogP contribution in [0.5, 0.6) is 5.75 Å². The van der Waals surface area contributed by atoms with Gasteiger partial charge in [-0.2, -0.15) is 5.10 Å². The molecular weight excluding hydrogens is 396 g/mol. The molecule has 9 nitrogen and oxygen atoms in total. The van der Waals surface area contributed by atoms with Crippen LogP contribution in [-0.4, -0.2) is 45.2 Å². The van der Waals surface area contributed by atoms with E-state index in [2.05, 4.69) is 20.4 Å². The Morgan fingerprint density at radius 3 is 2.97 bits per heavy atom. The summed E-state index contributed by atoms with van der Waals surface area (Å²) >= 11 is 6.08. The van der Waals surface area contributed by atoms with Crippen LogP contribution in [0.1, 0.15) is 6.42 Å². The Bertz CT molecular complexity index is 1060. The Morgan fingerprint density at radius 2 is 2.21 bits per heavy atom. The van der Waals surface area contributed by atoms with E-state index >= 15 is 0 Å². The lowest BCUT2D eigenvalue weighted by molar-refractivity contribution is -0.122. The zero-order valence-electron chi connectivity index (χ0n) is 15.4. The Hall–Kier alpha value is -3.46. The van der Waals surface area contributed by atoms with E-state index in [-0.39, 0.29) is 24.8 Å². The lowest BCUT2D eigenvalue weighted by atomic mass is 10.1. The van der Waals surface area contributed by atoms with Crippen LogP contribution in [0.2, 0.25) is 5.02 Å². The van der Waals surface area contributed by atoms with E-state index in [0.717, 1.165) is 0 Å². The van der Waals surface area contributed by atoms with Crippen LogP contribution in [0.3, 0.4) is 0 Å². The average molecular weight is 413 g/mol. The molecule has 1 N–H and O–H groups in total. The fourth-order valence-electron chi connectivity index (χ4n) is 3.22. The molecule has 10 heteroatoms. The van der Waals surface area contributed by atoms with Crippen molar-refractivity contribution >= 4 is 34.8 Å². The first-order valence-electron chi connectivity index (χ1n) is 8.81. The molecule has 1 saturated heterocycles. The Balaban J connectivity index is 1.54. The summed E-state index contributed by atoms with van der Waals surface area (Å²) in [6.45, 7) is 0.223. The highest BCUT2D eigenvalue weighted by Gasteiger charge is 2.36. The molecule has 2 aromatic heterocycles. The van der Waals surface area contributed by atoms with Gasteiger partial charge in [-0.15, -0.1) is 0 Å². The Morgan fingerprint density at radius 1 is 1.34 bits per heavy atom. The third kappa shape index (κ3) is 3.77. The number of carbonyl (C=O) groups excluding carboxylic acids is 2. The van der Waals surface area contributed by atoms with Gasteiger partial charge < -0.3 is 15.0 Å². The molecule has 148 valence electrons. The molecule has 1 atom stereocenters. The standard InChI is InChI=1S/C19H17ClN6O3/c1-29-16-5-4-13(20)8-15(16)25-9-12(7-17(25)27)19(28)24-14-3-2-6-22-18(14)26-11-21-10-23-26/h2-6,8,10-12H,7,9H2,1H3,(H,24,28). The summed E-state index contributed by atoms with van der Waals surface area (Å²) in [5.74, 6) is -0.0276. The van der Waals surface area contributed by atoms with Crippen molar-refractivity contribution in [2.24, 2.45) is 5.92 Å². The first-order chi connectivity index (χ1) is 14.1. The second kappa shape index (κ2) is 7.88. The van der Waals surface area contributed by atoms with Gasteiger partial charge >= 0.3 is 0 Å². The number of ether oxygens (including phenoxy) is 1. The molecule has 1 fully saturated rings. The quantitative estimate of drug-likeness (QED) is 0.690. The molecule has 0 saturated carbocycles. The van der Waals surface area contributed by atoms with Crippen molar-refractivity contribution in [3.63, 3.8) is 0 Å². The van der Waals surface area contributed by atoms with Gasteiger partial charge in [-0.3, -0.25) is 9.59 Å². The van der Waals surface area contributed by atoms with Crippen molar-refractivity contribution in [1.82, 2.24) is 19.7 Å². The average Bonchev–Trinajstić information content (AvgIpc) is 3.38. The maximum atomic E-state index is 12.9. The monoisotopic (exact) mass is 412 g/mol. The second-order valence-electron chi connectivity index (χ2n) is 6.43. The third-order valence-electron chi connectivity index (χ3n) is 4.61. The van der Waals surface area contributed by atoms with Crippen molar-refractivity contribution in [2.75, 3.05) is 23.9 Å². The predicted molar refractivity (Wildman–Crippen MR) is 106 cm³/mol. The molecule has 3 heterocycles. The number of hydrogen-bond donors (Lipinski definition) is 1. The zero-order chi connectivity index (χ0) is 20.4. The molecule has 1 aliphatic rings. The molecule has 1 unspecified atom stereocenters. The van der Waals surface area contributed by atoms with E-state index in [4.69, 9.17) is 16.3 Å². The number of methoxy groups -OCH3 is 1. The lowest BCUT2D eigenvalue weighted by Gasteiger charge is -2.20. The predicted octanol–water partition coefficient (Wildman–Crippen LogP) is 2.32. The van der Waals surface area contributed by atoms with Gasteiger partial charge in [-0.25, -0.2) is 14.6 Å². The van der Waals surface area contributed by atoms with E-state index in [9.17, 15) is 9.59 Å². The molecule has 0 bridgehead atoms. The largest absolute Gasteiger partial charge is 0.495 e. The number of anilines is 2. The molecule has 29 heavy (non-hydrogen) atoms. The highest BCUT2D eigenvalue weighted by atomic mass is 35.5.